The first-order valence-corrected chi connectivity index (χ1v) is 9.68. The molecule has 3 amide bonds. The fourth-order valence-corrected chi connectivity index (χ4v) is 3.61. The lowest BCUT2D eigenvalue weighted by molar-refractivity contribution is -0.115. The van der Waals surface area contributed by atoms with E-state index in [2.05, 4.69) is 15.6 Å². The van der Waals surface area contributed by atoms with E-state index in [0.29, 0.717) is 35.4 Å². The lowest BCUT2D eigenvalue weighted by Crippen LogP contribution is -2.27. The molecule has 28 heavy (non-hydrogen) atoms. The normalized spacial score (nSPS) is 13.3. The third-order valence-corrected chi connectivity index (χ3v) is 5.00. The second kappa shape index (κ2) is 8.10. The van der Waals surface area contributed by atoms with E-state index in [-0.39, 0.29) is 18.4 Å². The fourth-order valence-electron chi connectivity index (χ4n) is 2.76. The second-order valence-electron chi connectivity index (χ2n) is 6.17. The van der Waals surface area contributed by atoms with Crippen LogP contribution in [0.15, 0.2) is 60.0 Å². The van der Waals surface area contributed by atoms with Crippen LogP contribution in [0.2, 0.25) is 0 Å². The van der Waals surface area contributed by atoms with Crippen LogP contribution >= 0.6 is 11.3 Å². The number of carbonyl (C=O) groups excluding carboxylic acids is 2. The molecule has 0 atom stereocenters. The van der Waals surface area contributed by atoms with E-state index in [1.165, 1.54) is 11.3 Å². The average Bonchev–Trinajstić information content (AvgIpc) is 3.33. The van der Waals surface area contributed by atoms with Crippen molar-refractivity contribution >= 4 is 34.1 Å². The van der Waals surface area contributed by atoms with Crippen molar-refractivity contribution < 1.29 is 14.3 Å². The molecule has 0 bridgehead atoms. The molecule has 142 valence electrons. The van der Waals surface area contributed by atoms with Crippen LogP contribution in [0.25, 0.3) is 0 Å². The van der Waals surface area contributed by atoms with Crippen molar-refractivity contribution in [2.24, 2.45) is 0 Å². The van der Waals surface area contributed by atoms with Gasteiger partial charge in [0.25, 0.3) is 0 Å². The van der Waals surface area contributed by atoms with E-state index in [9.17, 15) is 9.59 Å². The van der Waals surface area contributed by atoms with E-state index in [4.69, 9.17) is 4.74 Å². The molecule has 0 aliphatic carbocycles. The highest BCUT2D eigenvalue weighted by Gasteiger charge is 2.24. The number of aromatic nitrogens is 1. The zero-order chi connectivity index (χ0) is 19.3. The van der Waals surface area contributed by atoms with Crippen molar-refractivity contribution in [3.05, 3.63) is 65.7 Å². The van der Waals surface area contributed by atoms with Crippen LogP contribution in [0.4, 0.5) is 15.6 Å². The van der Waals surface area contributed by atoms with Gasteiger partial charge >= 0.3 is 6.03 Å². The number of amides is 3. The molecule has 1 aliphatic rings. The number of urea groups is 1. The van der Waals surface area contributed by atoms with Gasteiger partial charge in [-0.1, -0.05) is 18.2 Å². The molecular weight excluding hydrogens is 376 g/mol. The lowest BCUT2D eigenvalue weighted by atomic mass is 10.2. The first kappa shape index (κ1) is 18.0. The van der Waals surface area contributed by atoms with Crippen LogP contribution in [0.5, 0.6) is 11.5 Å². The number of hydrogen-bond donors (Lipinski definition) is 2. The number of rotatable bonds is 6. The minimum atomic E-state index is -0.167. The molecule has 0 saturated carbocycles. The Morgan fingerprint density at radius 2 is 1.89 bits per heavy atom. The molecule has 7 nitrogen and oxygen atoms in total. The molecule has 1 aromatic heterocycles. The number of thiazole rings is 1. The van der Waals surface area contributed by atoms with Gasteiger partial charge in [0.05, 0.1) is 12.1 Å². The summed E-state index contributed by atoms with van der Waals surface area (Å²) in [6.07, 6.45) is 0.147. The monoisotopic (exact) mass is 394 g/mol. The van der Waals surface area contributed by atoms with Crippen LogP contribution < -0.4 is 20.3 Å². The van der Waals surface area contributed by atoms with Gasteiger partial charge in [0, 0.05) is 24.2 Å². The number of hydrogen-bond acceptors (Lipinski definition) is 5. The second-order valence-corrected chi connectivity index (χ2v) is 7.01. The largest absolute Gasteiger partial charge is 0.457 e. The quantitative estimate of drug-likeness (QED) is 0.669. The maximum absolute atomic E-state index is 12.3. The molecule has 0 spiro atoms. The summed E-state index contributed by atoms with van der Waals surface area (Å²) in [5, 5.41) is 8.00. The summed E-state index contributed by atoms with van der Waals surface area (Å²) in [5.74, 6) is 1.28. The average molecular weight is 394 g/mol. The fraction of sp³-hybridized carbons (Fsp3) is 0.150. The summed E-state index contributed by atoms with van der Waals surface area (Å²) >= 11 is 1.36. The van der Waals surface area contributed by atoms with Crippen molar-refractivity contribution in [3.63, 3.8) is 0 Å². The van der Waals surface area contributed by atoms with Crippen molar-refractivity contribution in [2.45, 2.75) is 6.42 Å². The Balaban J connectivity index is 1.32. The molecular formula is C20H18N4O3S. The van der Waals surface area contributed by atoms with Crippen molar-refractivity contribution in [2.75, 3.05) is 23.3 Å². The van der Waals surface area contributed by atoms with Crippen LogP contribution in [0, 0.1) is 0 Å². The molecule has 4 rings (SSSR count). The molecule has 0 unspecified atom stereocenters. The third-order valence-electron chi connectivity index (χ3n) is 4.09. The van der Waals surface area contributed by atoms with Crippen molar-refractivity contribution in [3.8, 4) is 11.5 Å². The van der Waals surface area contributed by atoms with Gasteiger partial charge in [-0.05, 0) is 36.4 Å². The molecule has 2 N–H and O–H groups in total. The standard InChI is InChI=1S/C20H18N4O3S/c25-18(12-15-13-28-20(23-15)24-11-10-21-19(24)26)22-14-6-8-17(9-7-14)27-16-4-2-1-3-5-16/h1-9,13H,10-12H2,(H,21,26)(H,22,25). The SMILES string of the molecule is O=C(Cc1csc(N2CCNC2=O)n1)Nc1ccc(Oc2ccccc2)cc1. The Bertz CT molecular complexity index is 973. The Morgan fingerprint density at radius 1 is 1.14 bits per heavy atom. The number of carbonyl (C=O) groups is 2. The van der Waals surface area contributed by atoms with E-state index in [1.807, 2.05) is 30.3 Å². The zero-order valence-corrected chi connectivity index (χ0v) is 15.7. The summed E-state index contributed by atoms with van der Waals surface area (Å²) in [5.41, 5.74) is 1.32. The van der Waals surface area contributed by atoms with Gasteiger partial charge in [-0.15, -0.1) is 11.3 Å². The number of para-hydroxylation sites is 1. The highest BCUT2D eigenvalue weighted by molar-refractivity contribution is 7.14. The number of ether oxygens (including phenoxy) is 1. The van der Waals surface area contributed by atoms with E-state index >= 15 is 0 Å². The maximum atomic E-state index is 12.3. The summed E-state index contributed by atoms with van der Waals surface area (Å²) in [4.78, 5) is 29.9. The lowest BCUT2D eigenvalue weighted by Gasteiger charge is -2.09. The Morgan fingerprint density at radius 3 is 2.61 bits per heavy atom. The van der Waals surface area contributed by atoms with Crippen LogP contribution in [0.1, 0.15) is 5.69 Å². The van der Waals surface area contributed by atoms with Crippen LogP contribution in [0.3, 0.4) is 0 Å². The maximum Gasteiger partial charge on any atom is 0.323 e. The van der Waals surface area contributed by atoms with Gasteiger partial charge in [0.15, 0.2) is 5.13 Å². The molecule has 0 radical (unpaired) electrons. The highest BCUT2D eigenvalue weighted by atomic mass is 32.1. The highest BCUT2D eigenvalue weighted by Crippen LogP contribution is 2.24. The van der Waals surface area contributed by atoms with E-state index in [1.54, 1.807) is 34.5 Å². The number of benzene rings is 2. The number of nitrogens with one attached hydrogen (secondary N) is 2. The van der Waals surface area contributed by atoms with Crippen LogP contribution in [-0.4, -0.2) is 30.0 Å². The van der Waals surface area contributed by atoms with Gasteiger partial charge in [0.1, 0.15) is 11.5 Å². The topological polar surface area (TPSA) is 83.6 Å². The van der Waals surface area contributed by atoms with Gasteiger partial charge in [-0.2, -0.15) is 0 Å². The molecule has 1 aliphatic heterocycles. The first-order valence-electron chi connectivity index (χ1n) is 8.80. The van der Waals surface area contributed by atoms with Gasteiger partial charge in [-0.25, -0.2) is 9.78 Å². The van der Waals surface area contributed by atoms with Gasteiger partial charge in [-0.3, -0.25) is 9.69 Å². The zero-order valence-electron chi connectivity index (χ0n) is 14.9. The number of nitrogens with zero attached hydrogens (tertiary/aromatic N) is 2. The predicted molar refractivity (Wildman–Crippen MR) is 108 cm³/mol. The summed E-state index contributed by atoms with van der Waals surface area (Å²) in [6.45, 7) is 1.20. The van der Waals surface area contributed by atoms with Gasteiger partial charge in [0.2, 0.25) is 5.91 Å². The molecule has 1 fully saturated rings. The van der Waals surface area contributed by atoms with Crippen LogP contribution in [-0.2, 0) is 11.2 Å². The summed E-state index contributed by atoms with van der Waals surface area (Å²) < 4.78 is 5.74. The smallest absolute Gasteiger partial charge is 0.323 e. The van der Waals surface area contributed by atoms with E-state index in [0.717, 1.165) is 5.75 Å². The minimum absolute atomic E-state index is 0.147. The number of anilines is 2. The predicted octanol–water partition coefficient (Wildman–Crippen LogP) is 3.65. The first-order chi connectivity index (χ1) is 13.7. The summed E-state index contributed by atoms with van der Waals surface area (Å²) in [6, 6.07) is 16.5. The molecule has 3 aromatic rings. The Kier molecular flexibility index (Phi) is 5.20. The Labute approximate surface area is 166 Å². The molecule has 2 aromatic carbocycles. The van der Waals surface area contributed by atoms with Crippen molar-refractivity contribution in [1.82, 2.24) is 10.3 Å². The molecule has 8 heteroatoms. The molecule has 1 saturated heterocycles. The van der Waals surface area contributed by atoms with Gasteiger partial charge < -0.3 is 15.4 Å². The molecule has 2 heterocycles. The van der Waals surface area contributed by atoms with Crippen molar-refractivity contribution in [1.29, 1.82) is 0 Å². The Hall–Kier alpha value is -3.39. The minimum Gasteiger partial charge on any atom is -0.457 e. The van der Waals surface area contributed by atoms with E-state index < -0.39 is 0 Å². The third kappa shape index (κ3) is 4.29. The summed E-state index contributed by atoms with van der Waals surface area (Å²) in [7, 11) is 0.